The predicted octanol–water partition coefficient (Wildman–Crippen LogP) is 3.04. The number of thioether (sulfide) groups is 1. The van der Waals surface area contributed by atoms with E-state index < -0.39 is 0 Å². The van der Waals surface area contributed by atoms with Crippen molar-refractivity contribution >= 4 is 28.2 Å². The molecule has 3 nitrogen and oxygen atoms in total. The van der Waals surface area contributed by atoms with Gasteiger partial charge in [-0.15, -0.1) is 10.2 Å². The Balaban J connectivity index is 1.77. The van der Waals surface area contributed by atoms with E-state index in [9.17, 15) is 0 Å². The van der Waals surface area contributed by atoms with Gasteiger partial charge in [-0.2, -0.15) is 0 Å². The van der Waals surface area contributed by atoms with Crippen LogP contribution in [0.1, 0.15) is 32.6 Å². The maximum Gasteiger partial charge on any atom is 0.203 e. The van der Waals surface area contributed by atoms with Crippen LogP contribution in [0.3, 0.4) is 0 Å². The summed E-state index contributed by atoms with van der Waals surface area (Å²) in [5, 5.41) is 8.42. The predicted molar refractivity (Wildman–Crippen MR) is 66.2 cm³/mol. The van der Waals surface area contributed by atoms with Crippen LogP contribution in [-0.4, -0.2) is 16.0 Å². The van der Waals surface area contributed by atoms with Crippen molar-refractivity contribution in [2.75, 3.05) is 11.5 Å². The molecule has 1 fully saturated rings. The van der Waals surface area contributed by atoms with Crippen LogP contribution in [0.15, 0.2) is 4.34 Å². The third-order valence-electron chi connectivity index (χ3n) is 2.91. The van der Waals surface area contributed by atoms with Gasteiger partial charge in [0.15, 0.2) is 4.34 Å². The van der Waals surface area contributed by atoms with Crippen LogP contribution in [0.2, 0.25) is 0 Å². The lowest BCUT2D eigenvalue weighted by atomic mass is 9.83. The summed E-state index contributed by atoms with van der Waals surface area (Å²) in [6.07, 6.45) is 5.56. The minimum Gasteiger partial charge on any atom is -0.374 e. The molecule has 15 heavy (non-hydrogen) atoms. The summed E-state index contributed by atoms with van der Waals surface area (Å²) in [5.41, 5.74) is 5.54. The van der Waals surface area contributed by atoms with E-state index in [-0.39, 0.29) is 0 Å². The first-order valence-electron chi connectivity index (χ1n) is 5.46. The van der Waals surface area contributed by atoms with Gasteiger partial charge in [0, 0.05) is 5.75 Å². The molecule has 1 saturated carbocycles. The van der Waals surface area contributed by atoms with Crippen LogP contribution in [0.5, 0.6) is 0 Å². The Hall–Kier alpha value is -0.290. The standard InChI is InChI=1S/C10H17N3S2/c1-7-3-2-4-8(5-7)6-14-10-13-12-9(11)15-10/h7-8H,2-6H2,1H3,(H2,11,12). The number of hydrogen-bond acceptors (Lipinski definition) is 5. The highest BCUT2D eigenvalue weighted by molar-refractivity contribution is 8.01. The van der Waals surface area contributed by atoms with Gasteiger partial charge in [-0.05, 0) is 24.7 Å². The minimum absolute atomic E-state index is 0.578. The Bertz CT molecular complexity index is 313. The quantitative estimate of drug-likeness (QED) is 0.829. The summed E-state index contributed by atoms with van der Waals surface area (Å²) in [7, 11) is 0. The van der Waals surface area contributed by atoms with Gasteiger partial charge >= 0.3 is 0 Å². The lowest BCUT2D eigenvalue weighted by Gasteiger charge is -2.25. The molecule has 84 valence electrons. The number of nitrogens with two attached hydrogens (primary N) is 1. The third kappa shape index (κ3) is 3.34. The summed E-state index contributed by atoms with van der Waals surface area (Å²) in [4.78, 5) is 0. The fourth-order valence-corrected chi connectivity index (χ4v) is 4.00. The first kappa shape index (κ1) is 11.2. The van der Waals surface area contributed by atoms with E-state index in [0.717, 1.165) is 16.2 Å². The average molecular weight is 243 g/mol. The highest BCUT2D eigenvalue weighted by atomic mass is 32.2. The molecule has 2 atom stereocenters. The molecule has 1 heterocycles. The van der Waals surface area contributed by atoms with E-state index in [0.29, 0.717) is 5.13 Å². The van der Waals surface area contributed by atoms with Crippen LogP contribution >= 0.6 is 23.1 Å². The summed E-state index contributed by atoms with van der Waals surface area (Å²) < 4.78 is 1.02. The SMILES string of the molecule is CC1CCCC(CSc2nnc(N)s2)C1. The van der Waals surface area contributed by atoms with Crippen molar-refractivity contribution in [3.05, 3.63) is 0 Å². The molecule has 0 bridgehead atoms. The van der Waals surface area contributed by atoms with Crippen LogP contribution in [0.4, 0.5) is 5.13 Å². The Morgan fingerprint density at radius 3 is 3.00 bits per heavy atom. The van der Waals surface area contributed by atoms with Crippen molar-refractivity contribution in [2.24, 2.45) is 11.8 Å². The van der Waals surface area contributed by atoms with E-state index in [2.05, 4.69) is 17.1 Å². The maximum absolute atomic E-state index is 5.54. The van der Waals surface area contributed by atoms with Gasteiger partial charge in [0.1, 0.15) is 0 Å². The molecule has 0 spiro atoms. The van der Waals surface area contributed by atoms with Crippen molar-refractivity contribution in [3.63, 3.8) is 0 Å². The average Bonchev–Trinajstić information content (AvgIpc) is 2.62. The monoisotopic (exact) mass is 243 g/mol. The van der Waals surface area contributed by atoms with Crippen molar-refractivity contribution in [2.45, 2.75) is 36.9 Å². The number of rotatable bonds is 3. The van der Waals surface area contributed by atoms with Gasteiger partial charge < -0.3 is 5.73 Å². The molecule has 0 radical (unpaired) electrons. The molecule has 2 N–H and O–H groups in total. The lowest BCUT2D eigenvalue weighted by Crippen LogP contribution is -2.14. The Labute approximate surface area is 98.9 Å². The van der Waals surface area contributed by atoms with Crippen LogP contribution in [-0.2, 0) is 0 Å². The third-order valence-corrected chi connectivity index (χ3v) is 5.03. The van der Waals surface area contributed by atoms with Crippen molar-refractivity contribution in [3.8, 4) is 0 Å². The highest BCUT2D eigenvalue weighted by Gasteiger charge is 2.19. The molecule has 0 amide bonds. The first-order valence-corrected chi connectivity index (χ1v) is 7.26. The van der Waals surface area contributed by atoms with Crippen LogP contribution < -0.4 is 5.73 Å². The smallest absolute Gasteiger partial charge is 0.203 e. The van der Waals surface area contributed by atoms with Gasteiger partial charge in [-0.3, -0.25) is 0 Å². The van der Waals surface area contributed by atoms with Crippen molar-refractivity contribution in [1.82, 2.24) is 10.2 Å². The Morgan fingerprint density at radius 2 is 2.33 bits per heavy atom. The molecule has 2 rings (SSSR count). The first-order chi connectivity index (χ1) is 7.24. The van der Waals surface area contributed by atoms with Crippen LogP contribution in [0, 0.1) is 11.8 Å². The molecular formula is C10H17N3S2. The molecule has 1 aliphatic rings. The number of hydrogen-bond donors (Lipinski definition) is 1. The summed E-state index contributed by atoms with van der Waals surface area (Å²) in [6, 6.07) is 0. The van der Waals surface area contributed by atoms with E-state index in [1.807, 2.05) is 11.8 Å². The second-order valence-corrected chi connectivity index (χ2v) is 6.63. The summed E-state index contributed by atoms with van der Waals surface area (Å²) >= 11 is 3.31. The number of anilines is 1. The topological polar surface area (TPSA) is 51.8 Å². The van der Waals surface area contributed by atoms with E-state index in [1.165, 1.54) is 42.8 Å². The molecular weight excluding hydrogens is 226 g/mol. The molecule has 1 aromatic rings. The van der Waals surface area contributed by atoms with Gasteiger partial charge in [0.25, 0.3) is 0 Å². The molecule has 0 aliphatic heterocycles. The van der Waals surface area contributed by atoms with Gasteiger partial charge in [-0.1, -0.05) is 42.9 Å². The second kappa shape index (κ2) is 5.16. The van der Waals surface area contributed by atoms with Crippen molar-refractivity contribution in [1.29, 1.82) is 0 Å². The summed E-state index contributed by atoms with van der Waals surface area (Å²) in [6.45, 7) is 2.36. The molecule has 1 aliphatic carbocycles. The van der Waals surface area contributed by atoms with Crippen molar-refractivity contribution < 1.29 is 0 Å². The second-order valence-electron chi connectivity index (χ2n) is 4.36. The van der Waals surface area contributed by atoms with E-state index in [1.54, 1.807) is 0 Å². The van der Waals surface area contributed by atoms with Gasteiger partial charge in [0.05, 0.1) is 0 Å². The Kier molecular flexibility index (Phi) is 3.86. The fraction of sp³-hybridized carbons (Fsp3) is 0.800. The molecule has 2 unspecified atom stereocenters. The highest BCUT2D eigenvalue weighted by Crippen LogP contribution is 2.33. The zero-order chi connectivity index (χ0) is 10.7. The van der Waals surface area contributed by atoms with E-state index >= 15 is 0 Å². The number of nitrogen functional groups attached to an aromatic ring is 1. The lowest BCUT2D eigenvalue weighted by molar-refractivity contribution is 0.305. The molecule has 0 saturated heterocycles. The zero-order valence-electron chi connectivity index (χ0n) is 8.98. The Morgan fingerprint density at radius 1 is 1.47 bits per heavy atom. The van der Waals surface area contributed by atoms with Gasteiger partial charge in [0.2, 0.25) is 5.13 Å². The molecule has 5 heteroatoms. The number of nitrogens with zero attached hydrogens (tertiary/aromatic N) is 2. The van der Waals surface area contributed by atoms with Gasteiger partial charge in [-0.25, -0.2) is 0 Å². The fourth-order valence-electron chi connectivity index (χ4n) is 2.18. The molecule has 1 aromatic heterocycles. The normalized spacial score (nSPS) is 26.7. The summed E-state index contributed by atoms with van der Waals surface area (Å²) in [5.74, 6) is 2.95. The van der Waals surface area contributed by atoms with Crippen LogP contribution in [0.25, 0.3) is 0 Å². The largest absolute Gasteiger partial charge is 0.374 e. The molecule has 0 aromatic carbocycles. The van der Waals surface area contributed by atoms with E-state index in [4.69, 9.17) is 5.73 Å². The zero-order valence-corrected chi connectivity index (χ0v) is 10.6. The minimum atomic E-state index is 0.578. The number of aromatic nitrogens is 2. The maximum atomic E-state index is 5.54.